The molecule has 3 aromatic rings. The lowest BCUT2D eigenvalue weighted by molar-refractivity contribution is 0.0951. The summed E-state index contributed by atoms with van der Waals surface area (Å²) in [5.41, 5.74) is 0.984. The van der Waals surface area contributed by atoms with Crippen molar-refractivity contribution in [3.05, 3.63) is 68.7 Å². The van der Waals surface area contributed by atoms with Gasteiger partial charge in [-0.05, 0) is 62.3 Å². The number of benzene rings is 2. The lowest BCUT2D eigenvalue weighted by Crippen LogP contribution is -2.33. The highest BCUT2D eigenvalue weighted by atomic mass is 79.9. The van der Waals surface area contributed by atoms with Crippen LogP contribution in [0.5, 0.6) is 0 Å². The number of hydrogen-bond donors (Lipinski definition) is 1. The van der Waals surface area contributed by atoms with Gasteiger partial charge in [-0.2, -0.15) is 0 Å². The van der Waals surface area contributed by atoms with E-state index in [1.54, 1.807) is 18.2 Å². The van der Waals surface area contributed by atoms with Gasteiger partial charge < -0.3 is 10.2 Å². The van der Waals surface area contributed by atoms with Gasteiger partial charge in [-0.15, -0.1) is 0 Å². The molecule has 4 nitrogen and oxygen atoms in total. The van der Waals surface area contributed by atoms with Gasteiger partial charge in [0.2, 0.25) is 0 Å². The molecular formula is C27H31BrClN3O. The Balaban J connectivity index is 1.90. The highest BCUT2D eigenvalue weighted by molar-refractivity contribution is 9.10. The highest BCUT2D eigenvalue weighted by Crippen LogP contribution is 2.32. The van der Waals surface area contributed by atoms with E-state index in [4.69, 9.17) is 25.3 Å². The minimum Gasteiger partial charge on any atom is -0.356 e. The fourth-order valence-corrected chi connectivity index (χ4v) is 4.64. The highest BCUT2D eigenvalue weighted by Gasteiger charge is 2.23. The van der Waals surface area contributed by atoms with E-state index in [9.17, 15) is 4.79 Å². The fraction of sp³-hybridized carbons (Fsp3) is 0.407. The van der Waals surface area contributed by atoms with E-state index in [1.807, 2.05) is 25.1 Å². The van der Waals surface area contributed by atoms with Gasteiger partial charge in [0.05, 0.1) is 11.1 Å². The number of hydrogen-bond acceptors (Lipinski definition) is 3. The predicted octanol–water partition coefficient (Wildman–Crippen LogP) is 7.26. The number of pyridine rings is 1. The number of carbonyl (C=O) groups is 1. The van der Waals surface area contributed by atoms with Gasteiger partial charge in [0.15, 0.2) is 0 Å². The third-order valence-corrected chi connectivity index (χ3v) is 6.39. The molecule has 1 aromatic heterocycles. The van der Waals surface area contributed by atoms with Crippen LogP contribution in [-0.2, 0) is 0 Å². The number of rotatable bonds is 7. The molecule has 1 aliphatic heterocycles. The molecule has 0 aliphatic carbocycles. The normalized spacial score (nSPS) is 27.1. The number of carbonyl (C=O) groups excluding carboxylic acids is 1. The summed E-state index contributed by atoms with van der Waals surface area (Å²) in [4.78, 5) is 18.5. The zero-order chi connectivity index (χ0) is 32.3. The minimum absolute atomic E-state index is 0.0111. The van der Waals surface area contributed by atoms with Gasteiger partial charge in [0, 0.05) is 59.6 Å². The molecule has 2 aromatic carbocycles. The van der Waals surface area contributed by atoms with E-state index >= 15 is 0 Å². The smallest absolute Gasteiger partial charge is 0.252 e. The van der Waals surface area contributed by atoms with Crippen molar-refractivity contribution in [3.8, 4) is 0 Å². The first-order chi connectivity index (χ1) is 19.8. The number of anilines is 1. The standard InChI is InChI=1S/C27H31BrClN3O/c1-3-9-19(21-10-5-6-11-23(21)29)17-30-27(33)25-18(2)26(32-14-7-4-8-15-32)31-24-13-12-20(28)16-22(24)25/h5-6,10-13,16,19H,3-4,7-9,14-15,17H2,1-2H3,(H,30,33)/i4D2,7D2,8D2,14D2,15D2. The van der Waals surface area contributed by atoms with Gasteiger partial charge in [-0.25, -0.2) is 4.98 Å². The number of fused-ring (bicyclic) bond motifs is 1. The first-order valence-corrected chi connectivity index (χ1v) is 11.9. The lowest BCUT2D eigenvalue weighted by Gasteiger charge is -2.30. The second kappa shape index (κ2) is 10.9. The van der Waals surface area contributed by atoms with Crippen molar-refractivity contribution >= 4 is 50.2 Å². The second-order valence-electron chi connectivity index (χ2n) is 7.75. The van der Waals surface area contributed by atoms with Gasteiger partial charge >= 0.3 is 0 Å². The summed E-state index contributed by atoms with van der Waals surface area (Å²) in [7, 11) is 0. The molecule has 1 aliphatic rings. The van der Waals surface area contributed by atoms with Crippen LogP contribution in [0.25, 0.3) is 10.9 Å². The van der Waals surface area contributed by atoms with Crippen molar-refractivity contribution in [2.45, 2.75) is 51.7 Å². The SMILES string of the molecule is [2H]C1([2H])N(c2nc3ccc(Br)cc3c(C(=O)NCC(CCC)c3ccccc3Cl)c2C)C([2H])([2H])C([2H])([2H])C([2H])([2H])C1([2H])[2H]. The van der Waals surface area contributed by atoms with Crippen molar-refractivity contribution < 1.29 is 18.5 Å². The Labute approximate surface area is 223 Å². The van der Waals surface area contributed by atoms with Crippen LogP contribution < -0.4 is 10.2 Å². The van der Waals surface area contributed by atoms with Crippen LogP contribution >= 0.6 is 27.5 Å². The molecular weight excluding hydrogens is 498 g/mol. The number of halogens is 2. The van der Waals surface area contributed by atoms with E-state index in [2.05, 4.69) is 26.2 Å². The van der Waals surface area contributed by atoms with E-state index < -0.39 is 43.8 Å². The maximum atomic E-state index is 13.9. The summed E-state index contributed by atoms with van der Waals surface area (Å²) in [6, 6.07) is 12.1. The quantitative estimate of drug-likeness (QED) is 0.344. The van der Waals surface area contributed by atoms with Crippen LogP contribution in [0, 0.1) is 6.92 Å². The van der Waals surface area contributed by atoms with Gasteiger partial charge in [0.25, 0.3) is 5.91 Å². The van der Waals surface area contributed by atoms with Crippen molar-refractivity contribution in [2.75, 3.05) is 24.4 Å². The topological polar surface area (TPSA) is 45.2 Å². The monoisotopic (exact) mass is 537 g/mol. The predicted molar refractivity (Wildman–Crippen MR) is 142 cm³/mol. The van der Waals surface area contributed by atoms with Crippen molar-refractivity contribution in [2.24, 2.45) is 0 Å². The van der Waals surface area contributed by atoms with Crippen LogP contribution in [0.15, 0.2) is 46.9 Å². The molecule has 33 heavy (non-hydrogen) atoms. The summed E-state index contributed by atoms with van der Waals surface area (Å²) < 4.78 is 84.8. The van der Waals surface area contributed by atoms with Crippen molar-refractivity contribution in [1.82, 2.24) is 10.3 Å². The number of amides is 1. The molecule has 1 unspecified atom stereocenters. The summed E-state index contributed by atoms with van der Waals surface area (Å²) in [6.07, 6.45) is -9.12. The second-order valence-corrected chi connectivity index (χ2v) is 9.07. The average Bonchev–Trinajstić information content (AvgIpc) is 2.90. The molecule has 6 heteroatoms. The minimum atomic E-state index is -3.58. The van der Waals surface area contributed by atoms with E-state index in [0.29, 0.717) is 14.9 Å². The van der Waals surface area contributed by atoms with E-state index in [0.717, 1.165) is 18.4 Å². The zero-order valence-electron chi connectivity index (χ0n) is 28.3. The molecule has 1 atom stereocenters. The third-order valence-electron chi connectivity index (χ3n) is 5.56. The molecule has 2 heterocycles. The summed E-state index contributed by atoms with van der Waals surface area (Å²) >= 11 is 9.83. The lowest BCUT2D eigenvalue weighted by atomic mass is 9.94. The van der Waals surface area contributed by atoms with Crippen LogP contribution in [0.3, 0.4) is 0 Å². The third kappa shape index (κ3) is 5.36. The summed E-state index contributed by atoms with van der Waals surface area (Å²) in [5, 5.41) is 3.83. The number of piperidine rings is 1. The van der Waals surface area contributed by atoms with Gasteiger partial charge in [-0.3, -0.25) is 4.79 Å². The van der Waals surface area contributed by atoms with Crippen molar-refractivity contribution in [1.29, 1.82) is 0 Å². The summed E-state index contributed by atoms with van der Waals surface area (Å²) in [5.74, 6) is -1.24. The molecule has 0 spiro atoms. The molecule has 1 amide bonds. The van der Waals surface area contributed by atoms with Crippen LogP contribution in [0.4, 0.5) is 5.82 Å². The van der Waals surface area contributed by atoms with E-state index in [1.165, 1.54) is 13.0 Å². The molecule has 0 radical (unpaired) electrons. The molecule has 174 valence electrons. The summed E-state index contributed by atoms with van der Waals surface area (Å²) in [6.45, 7) is -3.27. The molecule has 1 N–H and O–H groups in total. The largest absolute Gasteiger partial charge is 0.356 e. The Morgan fingerprint density at radius 1 is 1.24 bits per heavy atom. The molecule has 1 saturated heterocycles. The first kappa shape index (κ1) is 14.3. The van der Waals surface area contributed by atoms with Gasteiger partial charge in [0.1, 0.15) is 5.82 Å². The number of nitrogens with zero attached hydrogens (tertiary/aromatic N) is 2. The maximum Gasteiger partial charge on any atom is 0.252 e. The Morgan fingerprint density at radius 2 is 2.00 bits per heavy atom. The number of aromatic nitrogens is 1. The van der Waals surface area contributed by atoms with Crippen molar-refractivity contribution in [3.63, 3.8) is 0 Å². The fourth-order valence-electron chi connectivity index (χ4n) is 3.99. The number of nitrogens with one attached hydrogen (secondary N) is 1. The Hall–Kier alpha value is -2.11. The Kier molecular flexibility index (Phi) is 4.72. The van der Waals surface area contributed by atoms with Gasteiger partial charge in [-0.1, -0.05) is 59.1 Å². The van der Waals surface area contributed by atoms with Crippen LogP contribution in [-0.4, -0.2) is 30.4 Å². The average molecular weight is 539 g/mol. The Bertz CT molecular complexity index is 1540. The van der Waals surface area contributed by atoms with Crippen LogP contribution in [0.2, 0.25) is 5.02 Å². The molecule has 0 saturated carbocycles. The van der Waals surface area contributed by atoms with E-state index in [-0.39, 0.29) is 34.0 Å². The maximum absolute atomic E-state index is 13.9. The van der Waals surface area contributed by atoms with Crippen LogP contribution in [0.1, 0.15) is 80.0 Å². The first-order valence-electron chi connectivity index (χ1n) is 15.7. The molecule has 4 rings (SSSR count). The zero-order valence-corrected chi connectivity index (χ0v) is 20.6. The molecule has 1 fully saturated rings. The molecule has 0 bridgehead atoms. The Morgan fingerprint density at radius 3 is 2.73 bits per heavy atom.